The van der Waals surface area contributed by atoms with Gasteiger partial charge in [0.2, 0.25) is 0 Å². The van der Waals surface area contributed by atoms with Gasteiger partial charge in [-0.1, -0.05) is 294 Å². The lowest BCUT2D eigenvalue weighted by atomic mass is 10.0. The normalized spacial score (nSPS) is 14.8. The Hall–Kier alpha value is -4.83. The highest BCUT2D eigenvalue weighted by Crippen LogP contribution is 2.45. The number of hydrogen-bond donors (Lipinski definition) is 4. The van der Waals surface area contributed by atoms with Crippen molar-refractivity contribution in [2.75, 3.05) is 39.6 Å². The lowest BCUT2D eigenvalue weighted by molar-refractivity contribution is -0.161. The van der Waals surface area contributed by atoms with Gasteiger partial charge in [0, 0.05) is 19.3 Å². The number of carbonyl (C=O) groups excluding carboxylic acids is 3. The molecule has 0 heterocycles. The largest absolute Gasteiger partial charge is 0.472 e. The van der Waals surface area contributed by atoms with Gasteiger partial charge in [0.25, 0.3) is 0 Å². The number of aliphatic hydroxyl groups excluding tert-OH is 2. The smallest absolute Gasteiger partial charge is 0.463 e. The molecule has 0 spiro atoms. The topological polar surface area (TPSA) is 231 Å². The number of unbranched alkanes of at least 4 members (excludes halogenated alkanes) is 25. The molecular formula is C85H142O16P2. The molecule has 5 unspecified atom stereocenters. The minimum atomic E-state index is -4.94. The van der Waals surface area contributed by atoms with Gasteiger partial charge in [-0.25, -0.2) is 9.13 Å². The van der Waals surface area contributed by atoms with Crippen LogP contribution in [0.25, 0.3) is 0 Å². The predicted molar refractivity (Wildman–Crippen MR) is 426 cm³/mol. The van der Waals surface area contributed by atoms with Crippen molar-refractivity contribution < 1.29 is 75.8 Å². The van der Waals surface area contributed by atoms with E-state index < -0.39 is 91.5 Å². The Morgan fingerprint density at radius 3 is 0.845 bits per heavy atom. The fraction of sp³-hybridized carbons (Fsp3) is 0.659. The van der Waals surface area contributed by atoms with E-state index in [2.05, 4.69) is 179 Å². The molecule has 0 saturated carbocycles. The van der Waals surface area contributed by atoms with Gasteiger partial charge in [-0.3, -0.25) is 32.5 Å². The van der Waals surface area contributed by atoms with Gasteiger partial charge in [0.15, 0.2) is 6.10 Å². The third-order valence-corrected chi connectivity index (χ3v) is 18.1. The van der Waals surface area contributed by atoms with Gasteiger partial charge in [0.05, 0.1) is 26.4 Å². The minimum Gasteiger partial charge on any atom is -0.463 e. The van der Waals surface area contributed by atoms with Crippen LogP contribution in [-0.2, 0) is 55.8 Å². The molecule has 0 bridgehead atoms. The molecule has 0 saturated heterocycles. The molecule has 588 valence electrons. The first-order valence-electron chi connectivity index (χ1n) is 39.8. The molecule has 0 aromatic heterocycles. The van der Waals surface area contributed by atoms with Crippen LogP contribution >= 0.6 is 15.6 Å². The summed E-state index contributed by atoms with van der Waals surface area (Å²) in [7, 11) is -9.81. The molecule has 0 rings (SSSR count). The third kappa shape index (κ3) is 78.1. The van der Waals surface area contributed by atoms with Crippen LogP contribution in [0.3, 0.4) is 0 Å². The number of esters is 3. The van der Waals surface area contributed by atoms with E-state index in [0.717, 1.165) is 154 Å². The van der Waals surface area contributed by atoms with E-state index in [1.165, 1.54) is 89.9 Å². The Balaban J connectivity index is 4.48. The Bertz CT molecular complexity index is 2500. The average molecular weight is 1480 g/mol. The van der Waals surface area contributed by atoms with Gasteiger partial charge in [-0.2, -0.15) is 0 Å². The molecule has 0 aromatic carbocycles. The van der Waals surface area contributed by atoms with Crippen molar-refractivity contribution >= 4 is 33.6 Å². The zero-order valence-electron chi connectivity index (χ0n) is 64.2. The molecular weight excluding hydrogens is 1340 g/mol. The van der Waals surface area contributed by atoms with Crippen LogP contribution in [0.1, 0.15) is 303 Å². The van der Waals surface area contributed by atoms with E-state index in [4.69, 9.17) is 32.3 Å². The second-order valence-electron chi connectivity index (χ2n) is 26.1. The van der Waals surface area contributed by atoms with Crippen LogP contribution in [0, 0.1) is 0 Å². The van der Waals surface area contributed by atoms with E-state index >= 15 is 0 Å². The van der Waals surface area contributed by atoms with Gasteiger partial charge in [-0.05, 0) is 148 Å². The molecule has 18 heteroatoms. The zero-order chi connectivity index (χ0) is 75.2. The van der Waals surface area contributed by atoms with Crippen molar-refractivity contribution in [3.8, 4) is 0 Å². The highest BCUT2D eigenvalue weighted by molar-refractivity contribution is 7.47. The molecule has 16 nitrogen and oxygen atoms in total. The summed E-state index contributed by atoms with van der Waals surface area (Å²) in [5.74, 6) is -1.64. The molecule has 0 fully saturated rings. The Morgan fingerprint density at radius 2 is 0.515 bits per heavy atom. The van der Waals surface area contributed by atoms with Crippen LogP contribution in [0.5, 0.6) is 0 Å². The molecule has 0 aliphatic carbocycles. The zero-order valence-corrected chi connectivity index (χ0v) is 66.0. The van der Waals surface area contributed by atoms with Crippen LogP contribution in [-0.4, -0.2) is 95.9 Å². The average Bonchev–Trinajstić information content (AvgIpc) is 0.937. The molecule has 0 aromatic rings. The summed E-state index contributed by atoms with van der Waals surface area (Å²) in [6.45, 7) is 2.37. The summed E-state index contributed by atoms with van der Waals surface area (Å²) in [6.07, 6.45) is 96.0. The Labute approximate surface area is 625 Å². The molecule has 4 N–H and O–H groups in total. The lowest BCUT2D eigenvalue weighted by Gasteiger charge is -2.21. The van der Waals surface area contributed by atoms with E-state index in [1.54, 1.807) is 0 Å². The van der Waals surface area contributed by atoms with Gasteiger partial charge in [0.1, 0.15) is 25.4 Å². The number of carbonyl (C=O) groups is 3. The summed E-state index contributed by atoms with van der Waals surface area (Å²) >= 11 is 0. The van der Waals surface area contributed by atoms with Crippen molar-refractivity contribution in [3.05, 3.63) is 158 Å². The first kappa shape index (κ1) is 98.2. The highest BCUT2D eigenvalue weighted by atomic mass is 31.2. The fourth-order valence-corrected chi connectivity index (χ4v) is 11.8. The lowest BCUT2D eigenvalue weighted by Crippen LogP contribution is -2.30. The number of phosphoric ester groups is 2. The molecule has 0 aliphatic heterocycles. The summed E-state index contributed by atoms with van der Waals surface area (Å²) in [5, 5.41) is 20.6. The second-order valence-corrected chi connectivity index (χ2v) is 29.0. The first-order valence-corrected chi connectivity index (χ1v) is 42.8. The summed E-state index contributed by atoms with van der Waals surface area (Å²) in [4.78, 5) is 58.6. The van der Waals surface area contributed by atoms with Crippen molar-refractivity contribution in [1.29, 1.82) is 0 Å². The standard InChI is InChI=1S/C85H142O16P2/c1-4-7-10-13-16-19-22-25-27-29-31-33-34-35-36-37-38-39-40-41-42-43-44-46-48-49-51-54-56-59-62-65-68-71-83(88)95-74-80(86)75-97-102(91,92)98-76-81(87)77-99-103(93,94)100-79-82(101-85(90)73-70-67-64-61-58-53-24-21-18-15-12-9-6-3)78-96-84(89)72-69-66-63-60-57-55-52-50-47-45-32-30-28-26-23-20-17-14-11-8-5-2/h7-8,10-11,16-17,19-21,24-28,31-33,35-36,38-39,45,50,52,57,60,80-82,86-87H,4-6,9,12-15,18,22-23,29-30,34,37,40-44,46-49,51,53-56,58-59,61-79H2,1-3H3,(H,91,92)(H,93,94)/b10-7-,11-8-,19-16-,20-17-,24-21-,27-25-,28-26-,33-31-,36-35-,39-38-,45-32-,52-50-,60-57-. The molecule has 103 heavy (non-hydrogen) atoms. The number of phosphoric acid groups is 2. The number of allylic oxidation sites excluding steroid dienone is 26. The quantitative estimate of drug-likeness (QED) is 0.0146. The van der Waals surface area contributed by atoms with Crippen molar-refractivity contribution in [1.82, 2.24) is 0 Å². The summed E-state index contributed by atoms with van der Waals surface area (Å²) in [5.41, 5.74) is 0. The van der Waals surface area contributed by atoms with E-state index in [-0.39, 0.29) is 19.3 Å². The summed E-state index contributed by atoms with van der Waals surface area (Å²) in [6, 6.07) is 0. The van der Waals surface area contributed by atoms with Crippen LogP contribution in [0.4, 0.5) is 0 Å². The van der Waals surface area contributed by atoms with Crippen LogP contribution in [0.2, 0.25) is 0 Å². The maximum atomic E-state index is 12.9. The number of hydrogen-bond acceptors (Lipinski definition) is 14. The van der Waals surface area contributed by atoms with E-state index in [0.29, 0.717) is 19.3 Å². The third-order valence-electron chi connectivity index (χ3n) is 16.2. The van der Waals surface area contributed by atoms with Gasteiger partial charge < -0.3 is 34.2 Å². The first-order chi connectivity index (χ1) is 50.2. The van der Waals surface area contributed by atoms with E-state index in [9.17, 15) is 43.5 Å². The Morgan fingerprint density at radius 1 is 0.282 bits per heavy atom. The maximum Gasteiger partial charge on any atom is 0.472 e. The van der Waals surface area contributed by atoms with Crippen molar-refractivity contribution in [2.45, 2.75) is 322 Å². The number of aliphatic hydroxyl groups is 2. The number of ether oxygens (including phenoxy) is 3. The molecule has 0 radical (unpaired) electrons. The van der Waals surface area contributed by atoms with Crippen LogP contribution < -0.4 is 0 Å². The molecule has 0 aliphatic rings. The monoisotopic (exact) mass is 1480 g/mol. The van der Waals surface area contributed by atoms with E-state index in [1.807, 2.05) is 0 Å². The second kappa shape index (κ2) is 76.8. The SMILES string of the molecule is CC/C=C\C/C=C\C/C=C\C/C=C\C/C=C\C/C=C\CCCCCCCCCCCCCCCCC(=O)OCC(O)COP(=O)(O)OCC(O)COP(=O)(O)OCC(COC(=O)CCCC/C=C\C/C=C\C/C=C\C/C=C\C/C=C\C/C=C\CC)OC(=O)CCCCCCC/C=C\CCCCCC. The van der Waals surface area contributed by atoms with Gasteiger partial charge >= 0.3 is 33.6 Å². The number of rotatable bonds is 74. The Kier molecular flexibility index (Phi) is 73.2. The fourth-order valence-electron chi connectivity index (χ4n) is 10.2. The maximum absolute atomic E-state index is 12.9. The molecule has 0 amide bonds. The minimum absolute atomic E-state index is 0.0809. The van der Waals surface area contributed by atoms with Crippen molar-refractivity contribution in [2.24, 2.45) is 0 Å². The van der Waals surface area contributed by atoms with Crippen LogP contribution in [0.15, 0.2) is 158 Å². The van der Waals surface area contributed by atoms with Gasteiger partial charge in [-0.15, -0.1) is 0 Å². The molecule has 5 atom stereocenters. The predicted octanol–water partition coefficient (Wildman–Crippen LogP) is 23.4. The summed E-state index contributed by atoms with van der Waals surface area (Å²) < 4.78 is 61.0. The highest BCUT2D eigenvalue weighted by Gasteiger charge is 2.29. The van der Waals surface area contributed by atoms with Crippen molar-refractivity contribution in [3.63, 3.8) is 0 Å².